The van der Waals surface area contributed by atoms with Gasteiger partial charge in [-0.3, -0.25) is 4.79 Å². The summed E-state index contributed by atoms with van der Waals surface area (Å²) in [6, 6.07) is 1.79. The molecule has 1 aromatic carbocycles. The molecule has 96 valence electrons. The van der Waals surface area contributed by atoms with Gasteiger partial charge in [-0.05, 0) is 30.9 Å². The number of allylic oxidation sites excluding steroid dienone is 2. The van der Waals surface area contributed by atoms with Gasteiger partial charge in [-0.1, -0.05) is 12.2 Å². The zero-order valence-corrected chi connectivity index (χ0v) is 9.55. The summed E-state index contributed by atoms with van der Waals surface area (Å²) in [5, 5.41) is 2.25. The minimum Gasteiger partial charge on any atom is -0.323 e. The van der Waals surface area contributed by atoms with Crippen molar-refractivity contribution in [2.75, 3.05) is 5.32 Å². The Hall–Kier alpha value is -1.78. The summed E-state index contributed by atoms with van der Waals surface area (Å²) in [6.07, 6.45) is 5.94. The highest BCUT2D eigenvalue weighted by Crippen LogP contribution is 2.23. The molecule has 1 aliphatic rings. The molecule has 0 fully saturated rings. The molecule has 2 nitrogen and oxygen atoms in total. The number of hydrogen-bond donors (Lipinski definition) is 1. The van der Waals surface area contributed by atoms with Crippen LogP contribution in [0, 0.1) is 23.4 Å². The summed E-state index contributed by atoms with van der Waals surface area (Å²) in [5.74, 6) is -4.49. The van der Waals surface area contributed by atoms with Crippen molar-refractivity contribution < 1.29 is 18.0 Å². The maximum absolute atomic E-state index is 13.3. The third kappa shape index (κ3) is 2.72. The number of amides is 1. The molecule has 1 aromatic rings. The van der Waals surface area contributed by atoms with Gasteiger partial charge in [0.05, 0.1) is 5.69 Å². The first-order chi connectivity index (χ1) is 8.58. The van der Waals surface area contributed by atoms with E-state index in [4.69, 9.17) is 0 Å². The molecule has 0 saturated heterocycles. The number of halogens is 3. The molecule has 0 bridgehead atoms. The van der Waals surface area contributed by atoms with E-state index in [1.165, 1.54) is 0 Å². The fraction of sp³-hybridized carbons (Fsp3) is 0.308. The lowest BCUT2D eigenvalue weighted by Gasteiger charge is -2.09. The molecule has 0 radical (unpaired) electrons. The van der Waals surface area contributed by atoms with Crippen molar-refractivity contribution in [3.05, 3.63) is 41.7 Å². The van der Waals surface area contributed by atoms with Crippen molar-refractivity contribution in [1.29, 1.82) is 0 Å². The molecule has 1 amide bonds. The van der Waals surface area contributed by atoms with Gasteiger partial charge < -0.3 is 5.32 Å². The van der Waals surface area contributed by atoms with Gasteiger partial charge in [0, 0.05) is 6.42 Å². The van der Waals surface area contributed by atoms with E-state index in [2.05, 4.69) is 5.32 Å². The quantitative estimate of drug-likeness (QED) is 0.651. The first-order valence-corrected chi connectivity index (χ1v) is 5.68. The second kappa shape index (κ2) is 5.25. The number of rotatable bonds is 3. The van der Waals surface area contributed by atoms with E-state index in [0.717, 1.165) is 25.0 Å². The molecule has 2 rings (SSSR count). The van der Waals surface area contributed by atoms with Gasteiger partial charge in [-0.25, -0.2) is 13.2 Å². The van der Waals surface area contributed by atoms with E-state index >= 15 is 0 Å². The van der Waals surface area contributed by atoms with E-state index in [1.54, 1.807) is 0 Å². The summed E-state index contributed by atoms with van der Waals surface area (Å²) in [4.78, 5) is 11.6. The SMILES string of the molecule is O=C(C[C@H]1C=CCC1)Nc1ccc(F)c(F)c1F. The number of nitrogens with one attached hydrogen (secondary N) is 1. The fourth-order valence-corrected chi connectivity index (χ4v) is 1.93. The second-order valence-corrected chi connectivity index (χ2v) is 4.24. The van der Waals surface area contributed by atoms with Crippen LogP contribution >= 0.6 is 0 Å². The Morgan fingerprint density at radius 1 is 1.28 bits per heavy atom. The minimum atomic E-state index is -1.58. The number of anilines is 1. The summed E-state index contributed by atoms with van der Waals surface area (Å²) in [6.45, 7) is 0. The molecule has 0 spiro atoms. The topological polar surface area (TPSA) is 29.1 Å². The van der Waals surface area contributed by atoms with Crippen LogP contribution in [-0.2, 0) is 4.79 Å². The maximum Gasteiger partial charge on any atom is 0.225 e. The van der Waals surface area contributed by atoms with Crippen LogP contribution in [0.2, 0.25) is 0 Å². The summed E-state index contributed by atoms with van der Waals surface area (Å²) in [5.41, 5.74) is -0.333. The zero-order valence-electron chi connectivity index (χ0n) is 9.55. The number of benzene rings is 1. The summed E-state index contributed by atoms with van der Waals surface area (Å²) < 4.78 is 38.9. The molecule has 0 saturated carbocycles. The number of carbonyl (C=O) groups excluding carboxylic acids is 1. The molecule has 5 heteroatoms. The highest BCUT2D eigenvalue weighted by atomic mass is 19.2. The highest BCUT2D eigenvalue weighted by Gasteiger charge is 2.18. The van der Waals surface area contributed by atoms with E-state index < -0.39 is 23.4 Å². The highest BCUT2D eigenvalue weighted by molar-refractivity contribution is 5.91. The molecule has 18 heavy (non-hydrogen) atoms. The lowest BCUT2D eigenvalue weighted by molar-refractivity contribution is -0.116. The Morgan fingerprint density at radius 2 is 2.06 bits per heavy atom. The van der Waals surface area contributed by atoms with Crippen LogP contribution in [-0.4, -0.2) is 5.91 Å². The van der Waals surface area contributed by atoms with Gasteiger partial charge >= 0.3 is 0 Å². The van der Waals surface area contributed by atoms with Crippen LogP contribution in [0.5, 0.6) is 0 Å². The van der Waals surface area contributed by atoms with Crippen molar-refractivity contribution in [3.63, 3.8) is 0 Å². The van der Waals surface area contributed by atoms with Gasteiger partial charge in [0.2, 0.25) is 5.91 Å². The van der Waals surface area contributed by atoms with E-state index in [0.29, 0.717) is 0 Å². The largest absolute Gasteiger partial charge is 0.323 e. The van der Waals surface area contributed by atoms with Crippen molar-refractivity contribution in [3.8, 4) is 0 Å². The Balaban J connectivity index is 2.02. The first-order valence-electron chi connectivity index (χ1n) is 5.68. The third-order valence-electron chi connectivity index (χ3n) is 2.87. The van der Waals surface area contributed by atoms with E-state index in [1.807, 2.05) is 12.2 Å². The molecule has 0 aromatic heterocycles. The van der Waals surface area contributed by atoms with E-state index in [-0.39, 0.29) is 18.0 Å². The Labute approximate surface area is 102 Å². The smallest absolute Gasteiger partial charge is 0.225 e. The zero-order chi connectivity index (χ0) is 13.1. The van der Waals surface area contributed by atoms with Crippen molar-refractivity contribution in [2.45, 2.75) is 19.3 Å². The molecular formula is C13H12F3NO. The van der Waals surface area contributed by atoms with Crippen LogP contribution in [0.1, 0.15) is 19.3 Å². The predicted octanol–water partition coefficient (Wildman–Crippen LogP) is 3.40. The Kier molecular flexibility index (Phi) is 3.69. The van der Waals surface area contributed by atoms with Gasteiger partial charge in [0.15, 0.2) is 17.5 Å². The van der Waals surface area contributed by atoms with Crippen LogP contribution in [0.15, 0.2) is 24.3 Å². The predicted molar refractivity (Wildman–Crippen MR) is 61.4 cm³/mol. The van der Waals surface area contributed by atoms with Crippen molar-refractivity contribution >= 4 is 11.6 Å². The Bertz CT molecular complexity index is 499. The molecule has 1 atom stereocenters. The average Bonchev–Trinajstić information content (AvgIpc) is 2.83. The van der Waals surface area contributed by atoms with Crippen molar-refractivity contribution in [2.24, 2.45) is 5.92 Å². The molecule has 0 unspecified atom stereocenters. The Morgan fingerprint density at radius 3 is 2.72 bits per heavy atom. The second-order valence-electron chi connectivity index (χ2n) is 4.24. The maximum atomic E-state index is 13.3. The lowest BCUT2D eigenvalue weighted by atomic mass is 10.1. The molecular weight excluding hydrogens is 243 g/mol. The minimum absolute atomic E-state index is 0.137. The van der Waals surface area contributed by atoms with Crippen LogP contribution < -0.4 is 5.32 Å². The molecule has 1 N–H and O–H groups in total. The van der Waals surface area contributed by atoms with Gasteiger partial charge in [-0.2, -0.15) is 0 Å². The van der Waals surface area contributed by atoms with Gasteiger partial charge in [0.25, 0.3) is 0 Å². The van der Waals surface area contributed by atoms with Crippen molar-refractivity contribution in [1.82, 2.24) is 0 Å². The average molecular weight is 255 g/mol. The van der Waals surface area contributed by atoms with Crippen LogP contribution in [0.25, 0.3) is 0 Å². The summed E-state index contributed by atoms with van der Waals surface area (Å²) >= 11 is 0. The molecule has 0 heterocycles. The van der Waals surface area contributed by atoms with E-state index in [9.17, 15) is 18.0 Å². The van der Waals surface area contributed by atoms with Gasteiger partial charge in [-0.15, -0.1) is 0 Å². The van der Waals surface area contributed by atoms with Crippen LogP contribution in [0.3, 0.4) is 0 Å². The molecule has 1 aliphatic carbocycles. The third-order valence-corrected chi connectivity index (χ3v) is 2.87. The molecule has 0 aliphatic heterocycles. The first kappa shape index (κ1) is 12.7. The monoisotopic (exact) mass is 255 g/mol. The number of hydrogen-bond acceptors (Lipinski definition) is 1. The van der Waals surface area contributed by atoms with Crippen LogP contribution in [0.4, 0.5) is 18.9 Å². The lowest BCUT2D eigenvalue weighted by Crippen LogP contribution is -2.16. The number of carbonyl (C=O) groups is 1. The normalized spacial score (nSPS) is 18.1. The summed E-state index contributed by atoms with van der Waals surface area (Å²) in [7, 11) is 0. The fourth-order valence-electron chi connectivity index (χ4n) is 1.93. The van der Waals surface area contributed by atoms with Gasteiger partial charge in [0.1, 0.15) is 0 Å². The standard InChI is InChI=1S/C13H12F3NO/c14-9-5-6-10(13(16)12(9)15)17-11(18)7-8-3-1-2-4-8/h1,3,5-6,8H,2,4,7H2,(H,17,18)/t8-/m0/s1.